The highest BCUT2D eigenvalue weighted by Gasteiger charge is 2.14. The van der Waals surface area contributed by atoms with Gasteiger partial charge in [0.05, 0.1) is 10.6 Å². The highest BCUT2D eigenvalue weighted by molar-refractivity contribution is 7.90. The van der Waals surface area contributed by atoms with Crippen molar-refractivity contribution in [2.24, 2.45) is 0 Å². The summed E-state index contributed by atoms with van der Waals surface area (Å²) in [5.74, 6) is -1.33. The zero-order chi connectivity index (χ0) is 15.6. The van der Waals surface area contributed by atoms with Crippen LogP contribution >= 0.6 is 0 Å². The molecule has 0 atom stereocenters. The summed E-state index contributed by atoms with van der Waals surface area (Å²) in [5.41, 5.74) is 0.568. The summed E-state index contributed by atoms with van der Waals surface area (Å²) in [5, 5.41) is 2.33. The van der Waals surface area contributed by atoms with Crippen LogP contribution in [0.3, 0.4) is 0 Å². The predicted octanol–water partition coefficient (Wildman–Crippen LogP) is 2.18. The Morgan fingerprint density at radius 3 is 2.57 bits per heavy atom. The first kappa shape index (κ1) is 15.1. The number of aryl methyl sites for hydroxylation is 1. The number of nitrogens with one attached hydrogen (secondary N) is 1. The molecule has 0 saturated carbocycles. The molecule has 110 valence electrons. The van der Waals surface area contributed by atoms with Gasteiger partial charge in [0.1, 0.15) is 11.5 Å². The SMILES string of the molecule is Cc1cccc(C(=O)Nc2cc(S(C)(=O)=O)ccc2F)n1. The molecule has 2 rings (SSSR count). The number of anilines is 1. The molecule has 2 aromatic rings. The Hall–Kier alpha value is -2.28. The van der Waals surface area contributed by atoms with E-state index in [0.717, 1.165) is 24.5 Å². The number of nitrogens with zero attached hydrogens (tertiary/aromatic N) is 1. The largest absolute Gasteiger partial charge is 0.318 e. The van der Waals surface area contributed by atoms with Gasteiger partial charge >= 0.3 is 0 Å². The van der Waals surface area contributed by atoms with E-state index in [0.29, 0.717) is 5.69 Å². The van der Waals surface area contributed by atoms with Crippen LogP contribution in [0.5, 0.6) is 0 Å². The molecule has 0 aliphatic heterocycles. The van der Waals surface area contributed by atoms with E-state index in [9.17, 15) is 17.6 Å². The first-order chi connectivity index (χ1) is 9.77. The minimum absolute atomic E-state index is 0.0728. The molecule has 1 N–H and O–H groups in total. The summed E-state index contributed by atoms with van der Waals surface area (Å²) in [6.45, 7) is 1.72. The molecular weight excluding hydrogens is 295 g/mol. The second kappa shape index (κ2) is 5.61. The van der Waals surface area contributed by atoms with Crippen LogP contribution in [-0.2, 0) is 9.84 Å². The Morgan fingerprint density at radius 2 is 1.95 bits per heavy atom. The van der Waals surface area contributed by atoms with Gasteiger partial charge in [-0.2, -0.15) is 0 Å². The molecule has 1 amide bonds. The molecule has 1 aromatic carbocycles. The third kappa shape index (κ3) is 3.63. The monoisotopic (exact) mass is 308 g/mol. The van der Waals surface area contributed by atoms with Crippen LogP contribution in [0.25, 0.3) is 0 Å². The van der Waals surface area contributed by atoms with Crippen molar-refractivity contribution in [3.63, 3.8) is 0 Å². The van der Waals surface area contributed by atoms with Crippen LogP contribution in [0.2, 0.25) is 0 Å². The molecule has 0 saturated heterocycles. The first-order valence-corrected chi connectivity index (χ1v) is 7.91. The Kier molecular flexibility index (Phi) is 4.04. The number of hydrogen-bond donors (Lipinski definition) is 1. The Balaban J connectivity index is 2.33. The van der Waals surface area contributed by atoms with Crippen molar-refractivity contribution in [2.45, 2.75) is 11.8 Å². The lowest BCUT2D eigenvalue weighted by Gasteiger charge is -2.08. The summed E-state index contributed by atoms with van der Waals surface area (Å²) in [6, 6.07) is 8.09. The third-order valence-electron chi connectivity index (χ3n) is 2.74. The highest BCUT2D eigenvalue weighted by atomic mass is 32.2. The van der Waals surface area contributed by atoms with Crippen molar-refractivity contribution in [3.05, 3.63) is 53.6 Å². The first-order valence-electron chi connectivity index (χ1n) is 6.02. The van der Waals surface area contributed by atoms with Crippen LogP contribution < -0.4 is 5.32 Å². The van der Waals surface area contributed by atoms with Crippen molar-refractivity contribution < 1.29 is 17.6 Å². The second-order valence-corrected chi connectivity index (χ2v) is 6.55. The summed E-state index contributed by atoms with van der Waals surface area (Å²) in [6.07, 6.45) is 1.01. The fourth-order valence-corrected chi connectivity index (χ4v) is 2.33. The summed E-state index contributed by atoms with van der Waals surface area (Å²) in [4.78, 5) is 15.9. The second-order valence-electron chi connectivity index (χ2n) is 4.53. The smallest absolute Gasteiger partial charge is 0.274 e. The van der Waals surface area contributed by atoms with Crippen LogP contribution in [0, 0.1) is 12.7 Å². The molecule has 21 heavy (non-hydrogen) atoms. The summed E-state index contributed by atoms with van der Waals surface area (Å²) >= 11 is 0. The normalized spacial score (nSPS) is 11.2. The van der Waals surface area contributed by atoms with Gasteiger partial charge < -0.3 is 5.32 Å². The van der Waals surface area contributed by atoms with E-state index in [4.69, 9.17) is 0 Å². The Labute approximate surface area is 121 Å². The van der Waals surface area contributed by atoms with Crippen molar-refractivity contribution in [2.75, 3.05) is 11.6 Å². The van der Waals surface area contributed by atoms with Gasteiger partial charge in [0, 0.05) is 11.9 Å². The molecule has 1 aromatic heterocycles. The minimum Gasteiger partial charge on any atom is -0.318 e. The number of aromatic nitrogens is 1. The molecule has 7 heteroatoms. The van der Waals surface area contributed by atoms with Gasteiger partial charge in [-0.15, -0.1) is 0 Å². The van der Waals surface area contributed by atoms with Crippen LogP contribution in [0.1, 0.15) is 16.2 Å². The molecular formula is C14H13FN2O3S. The van der Waals surface area contributed by atoms with E-state index in [1.807, 2.05) is 0 Å². The number of benzene rings is 1. The maximum absolute atomic E-state index is 13.7. The minimum atomic E-state index is -3.48. The highest BCUT2D eigenvalue weighted by Crippen LogP contribution is 2.20. The average molecular weight is 308 g/mol. The van der Waals surface area contributed by atoms with Crippen LogP contribution in [-0.4, -0.2) is 25.6 Å². The molecule has 0 aliphatic carbocycles. The van der Waals surface area contributed by atoms with Gasteiger partial charge in [0.25, 0.3) is 5.91 Å². The lowest BCUT2D eigenvalue weighted by atomic mass is 10.2. The van der Waals surface area contributed by atoms with E-state index in [2.05, 4.69) is 10.3 Å². The molecule has 0 bridgehead atoms. The van der Waals surface area contributed by atoms with Gasteiger partial charge in [0.15, 0.2) is 9.84 Å². The van der Waals surface area contributed by atoms with Gasteiger partial charge in [-0.25, -0.2) is 17.8 Å². The maximum atomic E-state index is 13.7. The molecule has 0 aliphatic rings. The lowest BCUT2D eigenvalue weighted by molar-refractivity contribution is 0.102. The van der Waals surface area contributed by atoms with E-state index in [1.165, 1.54) is 6.07 Å². The molecule has 0 unspecified atom stereocenters. The molecule has 1 heterocycles. The number of carbonyl (C=O) groups excluding carboxylic acids is 1. The standard InChI is InChI=1S/C14H13FN2O3S/c1-9-4-3-5-12(16-9)14(18)17-13-8-10(21(2,19)20)6-7-11(13)15/h3-8H,1-2H3,(H,17,18). The number of amides is 1. The van der Waals surface area contributed by atoms with Crippen molar-refractivity contribution in [3.8, 4) is 0 Å². The van der Waals surface area contributed by atoms with Crippen molar-refractivity contribution in [1.82, 2.24) is 4.98 Å². The molecule has 0 spiro atoms. The van der Waals surface area contributed by atoms with Crippen LogP contribution in [0.15, 0.2) is 41.3 Å². The Morgan fingerprint density at radius 1 is 1.24 bits per heavy atom. The average Bonchev–Trinajstić information content (AvgIpc) is 2.40. The van der Waals surface area contributed by atoms with E-state index in [-0.39, 0.29) is 16.3 Å². The van der Waals surface area contributed by atoms with Crippen molar-refractivity contribution >= 4 is 21.4 Å². The number of pyridine rings is 1. The Bertz CT molecular complexity index is 804. The number of carbonyl (C=O) groups is 1. The summed E-state index contributed by atoms with van der Waals surface area (Å²) in [7, 11) is -3.48. The molecule has 0 radical (unpaired) electrons. The molecule has 5 nitrogen and oxygen atoms in total. The zero-order valence-electron chi connectivity index (χ0n) is 11.4. The van der Waals surface area contributed by atoms with Gasteiger partial charge in [-0.05, 0) is 37.3 Å². The fourth-order valence-electron chi connectivity index (χ4n) is 1.69. The van der Waals surface area contributed by atoms with E-state index >= 15 is 0 Å². The number of hydrogen-bond acceptors (Lipinski definition) is 4. The third-order valence-corrected chi connectivity index (χ3v) is 3.85. The quantitative estimate of drug-likeness (QED) is 0.882. The van der Waals surface area contributed by atoms with E-state index in [1.54, 1.807) is 19.1 Å². The zero-order valence-corrected chi connectivity index (χ0v) is 12.2. The summed E-state index contributed by atoms with van der Waals surface area (Å²) < 4.78 is 36.6. The van der Waals surface area contributed by atoms with Gasteiger partial charge in [-0.3, -0.25) is 4.79 Å². The number of halogens is 1. The van der Waals surface area contributed by atoms with Crippen molar-refractivity contribution in [1.29, 1.82) is 0 Å². The maximum Gasteiger partial charge on any atom is 0.274 e. The fraction of sp³-hybridized carbons (Fsp3) is 0.143. The lowest BCUT2D eigenvalue weighted by Crippen LogP contribution is -2.15. The van der Waals surface area contributed by atoms with Gasteiger partial charge in [0.2, 0.25) is 0 Å². The van der Waals surface area contributed by atoms with Crippen LogP contribution in [0.4, 0.5) is 10.1 Å². The van der Waals surface area contributed by atoms with Gasteiger partial charge in [-0.1, -0.05) is 6.07 Å². The topological polar surface area (TPSA) is 76.1 Å². The predicted molar refractivity (Wildman–Crippen MR) is 76.4 cm³/mol. The number of sulfone groups is 1. The van der Waals surface area contributed by atoms with E-state index < -0.39 is 21.6 Å². The number of rotatable bonds is 3. The molecule has 0 fully saturated rings.